The van der Waals surface area contributed by atoms with E-state index in [1.165, 1.54) is 4.88 Å². The van der Waals surface area contributed by atoms with Crippen LogP contribution in [-0.4, -0.2) is 31.1 Å². The van der Waals surface area contributed by atoms with Crippen molar-refractivity contribution in [3.63, 3.8) is 0 Å². The number of aromatic nitrogens is 1. The Balaban J connectivity index is 0.00000312. The number of pyridine rings is 1. The minimum absolute atomic E-state index is 0. The van der Waals surface area contributed by atoms with Gasteiger partial charge in [0, 0.05) is 29.7 Å². The van der Waals surface area contributed by atoms with Gasteiger partial charge in [0.25, 0.3) is 0 Å². The van der Waals surface area contributed by atoms with Crippen LogP contribution in [0.2, 0.25) is 0 Å². The molecule has 0 fully saturated rings. The molecule has 0 aliphatic rings. The Morgan fingerprint density at radius 2 is 2.16 bits per heavy atom. The lowest BCUT2D eigenvalue weighted by Gasteiger charge is -2.15. The number of thiophene rings is 1. The van der Waals surface area contributed by atoms with Crippen molar-refractivity contribution in [2.24, 2.45) is 10.9 Å². The van der Waals surface area contributed by atoms with Gasteiger partial charge in [-0.2, -0.15) is 0 Å². The molecule has 0 aliphatic heterocycles. The highest BCUT2D eigenvalue weighted by atomic mass is 127. The first-order valence-corrected chi connectivity index (χ1v) is 9.13. The highest BCUT2D eigenvalue weighted by Crippen LogP contribution is 2.15. The summed E-state index contributed by atoms with van der Waals surface area (Å²) in [6.07, 6.45) is 2.81. The number of methoxy groups -OCH3 is 1. The number of nitrogens with one attached hydrogen (secondary N) is 2. The molecule has 7 heteroatoms. The normalized spacial score (nSPS) is 12.2. The molecule has 2 aromatic heterocycles. The van der Waals surface area contributed by atoms with Gasteiger partial charge in [-0.3, -0.25) is 0 Å². The van der Waals surface area contributed by atoms with E-state index in [4.69, 9.17) is 4.74 Å². The molecule has 2 heterocycles. The quantitative estimate of drug-likeness (QED) is 0.348. The number of ether oxygens (including phenoxy) is 1. The van der Waals surface area contributed by atoms with E-state index in [9.17, 15) is 0 Å². The van der Waals surface area contributed by atoms with Crippen LogP contribution in [0.1, 0.15) is 24.3 Å². The van der Waals surface area contributed by atoms with Crippen LogP contribution in [0.15, 0.2) is 40.8 Å². The SMILES string of the molecule is CCNC(=NCc1cccnc1OC)NCC(C)Cc1cccs1.I. The topological polar surface area (TPSA) is 58.5 Å². The fourth-order valence-corrected chi connectivity index (χ4v) is 3.22. The Labute approximate surface area is 171 Å². The second-order valence-corrected chi connectivity index (χ2v) is 6.67. The summed E-state index contributed by atoms with van der Waals surface area (Å²) >= 11 is 1.81. The number of hydrogen-bond acceptors (Lipinski definition) is 4. The first-order chi connectivity index (χ1) is 11.7. The van der Waals surface area contributed by atoms with E-state index < -0.39 is 0 Å². The molecule has 5 nitrogen and oxygen atoms in total. The van der Waals surface area contributed by atoms with E-state index in [-0.39, 0.29) is 24.0 Å². The lowest BCUT2D eigenvalue weighted by atomic mass is 10.1. The molecule has 0 amide bonds. The predicted octanol–water partition coefficient (Wildman–Crippen LogP) is 3.70. The molecule has 0 spiro atoms. The molecular formula is C18H27IN4OS. The third kappa shape index (κ3) is 7.60. The van der Waals surface area contributed by atoms with Crippen molar-refractivity contribution < 1.29 is 4.74 Å². The summed E-state index contributed by atoms with van der Waals surface area (Å²) in [6.45, 7) is 6.56. The van der Waals surface area contributed by atoms with Crippen LogP contribution in [0.25, 0.3) is 0 Å². The van der Waals surface area contributed by atoms with Crippen LogP contribution < -0.4 is 15.4 Å². The maximum atomic E-state index is 5.27. The van der Waals surface area contributed by atoms with E-state index in [1.54, 1.807) is 13.3 Å². The third-order valence-corrected chi connectivity index (χ3v) is 4.44. The molecule has 138 valence electrons. The van der Waals surface area contributed by atoms with Gasteiger partial charge in [0.1, 0.15) is 0 Å². The minimum atomic E-state index is 0. The Morgan fingerprint density at radius 3 is 2.84 bits per heavy atom. The number of halogens is 1. The van der Waals surface area contributed by atoms with Gasteiger partial charge in [0.05, 0.1) is 13.7 Å². The van der Waals surface area contributed by atoms with Gasteiger partial charge in [0.15, 0.2) is 5.96 Å². The van der Waals surface area contributed by atoms with Crippen molar-refractivity contribution in [1.29, 1.82) is 0 Å². The Kier molecular flexibility index (Phi) is 10.5. The average molecular weight is 474 g/mol. The lowest BCUT2D eigenvalue weighted by Crippen LogP contribution is -2.39. The maximum absolute atomic E-state index is 5.27. The zero-order valence-electron chi connectivity index (χ0n) is 15.0. The van der Waals surface area contributed by atoms with Gasteiger partial charge in [-0.15, -0.1) is 35.3 Å². The number of hydrogen-bond donors (Lipinski definition) is 2. The van der Waals surface area contributed by atoms with Crippen molar-refractivity contribution in [3.8, 4) is 5.88 Å². The van der Waals surface area contributed by atoms with Crippen molar-refractivity contribution in [2.45, 2.75) is 26.8 Å². The largest absolute Gasteiger partial charge is 0.481 e. The fraction of sp³-hybridized carbons (Fsp3) is 0.444. The van der Waals surface area contributed by atoms with Crippen LogP contribution in [0.3, 0.4) is 0 Å². The molecule has 2 N–H and O–H groups in total. The summed E-state index contributed by atoms with van der Waals surface area (Å²) in [6, 6.07) is 8.18. The molecule has 0 saturated heterocycles. The van der Waals surface area contributed by atoms with Gasteiger partial charge < -0.3 is 15.4 Å². The average Bonchev–Trinajstić information content (AvgIpc) is 3.10. The van der Waals surface area contributed by atoms with E-state index >= 15 is 0 Å². The van der Waals surface area contributed by atoms with E-state index in [0.717, 1.165) is 31.0 Å². The van der Waals surface area contributed by atoms with Crippen molar-refractivity contribution >= 4 is 41.3 Å². The van der Waals surface area contributed by atoms with E-state index in [2.05, 4.69) is 52.0 Å². The molecule has 0 aromatic carbocycles. The van der Waals surface area contributed by atoms with Crippen LogP contribution in [0, 0.1) is 5.92 Å². The summed E-state index contributed by atoms with van der Waals surface area (Å²) in [5, 5.41) is 8.84. The second-order valence-electron chi connectivity index (χ2n) is 5.64. The summed E-state index contributed by atoms with van der Waals surface area (Å²) in [5.74, 6) is 1.99. The second kappa shape index (κ2) is 12.1. The number of guanidine groups is 1. The number of rotatable bonds is 8. The molecule has 1 atom stereocenters. The zero-order valence-corrected chi connectivity index (χ0v) is 18.1. The molecule has 0 aliphatic carbocycles. The molecule has 2 aromatic rings. The third-order valence-electron chi connectivity index (χ3n) is 3.54. The fourth-order valence-electron chi connectivity index (χ4n) is 2.35. The highest BCUT2D eigenvalue weighted by Gasteiger charge is 2.07. The summed E-state index contributed by atoms with van der Waals surface area (Å²) in [7, 11) is 1.63. The van der Waals surface area contributed by atoms with Gasteiger partial charge in [-0.05, 0) is 36.8 Å². The monoisotopic (exact) mass is 474 g/mol. The van der Waals surface area contributed by atoms with Crippen molar-refractivity contribution in [2.75, 3.05) is 20.2 Å². The first-order valence-electron chi connectivity index (χ1n) is 8.25. The minimum Gasteiger partial charge on any atom is -0.481 e. The van der Waals surface area contributed by atoms with Gasteiger partial charge in [-0.25, -0.2) is 9.98 Å². The molecular weight excluding hydrogens is 447 g/mol. The first kappa shape index (κ1) is 21.7. The smallest absolute Gasteiger partial charge is 0.218 e. The highest BCUT2D eigenvalue weighted by molar-refractivity contribution is 14.0. The van der Waals surface area contributed by atoms with Crippen molar-refractivity contribution in [1.82, 2.24) is 15.6 Å². The van der Waals surface area contributed by atoms with Crippen molar-refractivity contribution in [3.05, 3.63) is 46.3 Å². The Bertz CT molecular complexity index is 634. The molecule has 0 saturated carbocycles. The van der Waals surface area contributed by atoms with E-state index in [0.29, 0.717) is 18.3 Å². The molecule has 0 radical (unpaired) electrons. The standard InChI is InChI=1S/C18H26N4OS.HI/c1-4-19-18(21-12-14(2)11-16-8-6-10-24-16)22-13-15-7-5-9-20-17(15)23-3;/h5-10,14H,4,11-13H2,1-3H3,(H2,19,21,22);1H. The van der Waals surface area contributed by atoms with Crippen LogP contribution >= 0.6 is 35.3 Å². The van der Waals surface area contributed by atoms with E-state index in [1.807, 2.05) is 23.5 Å². The molecule has 25 heavy (non-hydrogen) atoms. The Morgan fingerprint density at radius 1 is 1.32 bits per heavy atom. The zero-order chi connectivity index (χ0) is 17.2. The summed E-state index contributed by atoms with van der Waals surface area (Å²) in [5.41, 5.74) is 0.976. The predicted molar refractivity (Wildman–Crippen MR) is 116 cm³/mol. The van der Waals surface area contributed by atoms with Crippen LogP contribution in [0.4, 0.5) is 0 Å². The van der Waals surface area contributed by atoms with Crippen LogP contribution in [0.5, 0.6) is 5.88 Å². The van der Waals surface area contributed by atoms with Gasteiger partial charge in [-0.1, -0.05) is 19.1 Å². The van der Waals surface area contributed by atoms with Crippen LogP contribution in [-0.2, 0) is 13.0 Å². The van der Waals surface area contributed by atoms with Gasteiger partial charge >= 0.3 is 0 Å². The number of aliphatic imine (C=N–C) groups is 1. The lowest BCUT2D eigenvalue weighted by molar-refractivity contribution is 0.392. The van der Waals surface area contributed by atoms with Gasteiger partial charge in [0.2, 0.25) is 5.88 Å². The summed E-state index contributed by atoms with van der Waals surface area (Å²) < 4.78 is 5.27. The molecule has 0 bridgehead atoms. The number of nitrogens with zero attached hydrogens (tertiary/aromatic N) is 2. The Hall–Kier alpha value is -1.35. The maximum Gasteiger partial charge on any atom is 0.218 e. The summed E-state index contributed by atoms with van der Waals surface area (Å²) in [4.78, 5) is 10.3. The molecule has 1 unspecified atom stereocenters. The molecule has 2 rings (SSSR count).